The molecule has 0 saturated heterocycles. The minimum absolute atomic E-state index is 0.229. The third-order valence-corrected chi connectivity index (χ3v) is 5.54. The Morgan fingerprint density at radius 2 is 1.26 bits per heavy atom. The summed E-state index contributed by atoms with van der Waals surface area (Å²) in [5.74, 6) is 0.199. The Morgan fingerprint density at radius 3 is 1.74 bits per heavy atom. The molecule has 42 heavy (non-hydrogen) atoms. The molecule has 0 N–H and O–H groups in total. The fourth-order valence-corrected chi connectivity index (χ4v) is 3.95. The van der Waals surface area contributed by atoms with Crippen molar-refractivity contribution >= 4 is 35.7 Å². The van der Waals surface area contributed by atoms with Crippen LogP contribution < -0.4 is 9.64 Å². The quantitative estimate of drug-likeness (QED) is 0.275. The zero-order chi connectivity index (χ0) is 31.6. The van der Waals surface area contributed by atoms with Crippen LogP contribution in [-0.4, -0.2) is 52.0 Å². The molecule has 0 unspecified atom stereocenters. The van der Waals surface area contributed by atoms with Crippen LogP contribution in [0, 0.1) is 0 Å². The minimum atomic E-state index is -1.08. The van der Waals surface area contributed by atoms with Crippen LogP contribution in [0.2, 0.25) is 5.02 Å². The van der Waals surface area contributed by atoms with Gasteiger partial charge in [0.2, 0.25) is 0 Å². The van der Waals surface area contributed by atoms with E-state index >= 15 is 0 Å². The zero-order valence-electron chi connectivity index (χ0n) is 25.7. The van der Waals surface area contributed by atoms with Gasteiger partial charge in [0.15, 0.2) is 5.82 Å². The van der Waals surface area contributed by atoms with Crippen LogP contribution in [-0.2, 0) is 14.2 Å². The number of aromatic nitrogens is 2. The maximum atomic E-state index is 13.8. The summed E-state index contributed by atoms with van der Waals surface area (Å²) >= 11 is 6.21. The van der Waals surface area contributed by atoms with Gasteiger partial charge in [-0.05, 0) is 92.1 Å². The molecule has 0 saturated carbocycles. The number of carbonyl (C=O) groups excluding carboxylic acids is 3. The average Bonchev–Trinajstić information content (AvgIpc) is 3.21. The molecule has 10 nitrogen and oxygen atoms in total. The van der Waals surface area contributed by atoms with E-state index in [4.69, 9.17) is 30.5 Å². The van der Waals surface area contributed by atoms with Crippen molar-refractivity contribution in [3.05, 3.63) is 53.6 Å². The summed E-state index contributed by atoms with van der Waals surface area (Å²) in [5, 5.41) is 5.08. The van der Waals surface area contributed by atoms with Gasteiger partial charge in [0.25, 0.3) is 0 Å². The summed E-state index contributed by atoms with van der Waals surface area (Å²) in [6, 6.07) is 13.7. The first-order valence-electron chi connectivity index (χ1n) is 13.3. The topological polar surface area (TPSA) is 109 Å². The van der Waals surface area contributed by atoms with Crippen molar-refractivity contribution in [2.24, 2.45) is 0 Å². The highest BCUT2D eigenvalue weighted by molar-refractivity contribution is 6.30. The molecule has 0 atom stereocenters. The first-order chi connectivity index (χ1) is 19.3. The predicted octanol–water partition coefficient (Wildman–Crippen LogP) is 8.34. The van der Waals surface area contributed by atoms with Crippen molar-refractivity contribution in [2.75, 3.05) is 12.0 Å². The fraction of sp³-hybridized carbons (Fsp3) is 0.419. The van der Waals surface area contributed by atoms with Gasteiger partial charge in [0.05, 0.1) is 12.7 Å². The molecule has 1 heterocycles. The number of rotatable bonds is 4. The second kappa shape index (κ2) is 12.1. The summed E-state index contributed by atoms with van der Waals surface area (Å²) in [6.07, 6.45) is -3.10. The van der Waals surface area contributed by atoms with Gasteiger partial charge in [0.1, 0.15) is 28.2 Å². The van der Waals surface area contributed by atoms with Crippen LogP contribution >= 0.6 is 11.6 Å². The predicted molar refractivity (Wildman–Crippen MR) is 161 cm³/mol. The van der Waals surface area contributed by atoms with E-state index in [2.05, 4.69) is 5.10 Å². The van der Waals surface area contributed by atoms with Gasteiger partial charge in [-0.25, -0.2) is 14.4 Å². The lowest BCUT2D eigenvalue weighted by molar-refractivity contribution is 0.0423. The SMILES string of the molecule is COc1ccccc1-c1nn(C(=O)OC(C)(C)C)c(N(C(=O)OC(C)(C)C)C(=O)OC(C)(C)C)c1-c1ccc(Cl)cc1. The third kappa shape index (κ3) is 8.03. The molecular weight excluding hydrogens is 562 g/mol. The van der Waals surface area contributed by atoms with Gasteiger partial charge in [-0.15, -0.1) is 4.68 Å². The van der Waals surface area contributed by atoms with E-state index in [9.17, 15) is 14.4 Å². The van der Waals surface area contributed by atoms with Crippen LogP contribution in [0.15, 0.2) is 48.5 Å². The maximum absolute atomic E-state index is 13.8. The molecule has 0 bridgehead atoms. The van der Waals surface area contributed by atoms with E-state index in [1.807, 2.05) is 0 Å². The molecule has 11 heteroatoms. The third-order valence-electron chi connectivity index (χ3n) is 5.29. The highest BCUT2D eigenvalue weighted by atomic mass is 35.5. The summed E-state index contributed by atoms with van der Waals surface area (Å²) in [7, 11) is 1.50. The number of hydrogen-bond donors (Lipinski definition) is 0. The number of halogens is 1. The summed E-state index contributed by atoms with van der Waals surface area (Å²) in [5.41, 5.74) is -1.50. The number of hydrogen-bond acceptors (Lipinski definition) is 8. The molecule has 0 aliphatic heterocycles. The van der Waals surface area contributed by atoms with Crippen LogP contribution in [0.3, 0.4) is 0 Å². The zero-order valence-corrected chi connectivity index (χ0v) is 26.5. The van der Waals surface area contributed by atoms with E-state index in [0.717, 1.165) is 4.68 Å². The fourth-order valence-electron chi connectivity index (χ4n) is 3.82. The molecule has 2 amide bonds. The monoisotopic (exact) mass is 599 g/mol. The molecule has 226 valence electrons. The molecular formula is C31H38ClN3O7. The number of carbonyl (C=O) groups is 3. The number of imide groups is 1. The maximum Gasteiger partial charge on any atom is 0.437 e. The van der Waals surface area contributed by atoms with Crippen LogP contribution in [0.1, 0.15) is 62.3 Å². The normalized spacial score (nSPS) is 12.0. The van der Waals surface area contributed by atoms with Crippen molar-refractivity contribution in [3.63, 3.8) is 0 Å². The molecule has 3 aromatic rings. The Hall–Kier alpha value is -4.05. The number of amides is 2. The molecule has 0 aliphatic rings. The molecule has 0 radical (unpaired) electrons. The number of para-hydroxylation sites is 1. The van der Waals surface area contributed by atoms with Crippen molar-refractivity contribution < 1.29 is 33.3 Å². The lowest BCUT2D eigenvalue weighted by Gasteiger charge is -2.29. The lowest BCUT2D eigenvalue weighted by Crippen LogP contribution is -2.45. The first-order valence-corrected chi connectivity index (χ1v) is 13.7. The summed E-state index contributed by atoms with van der Waals surface area (Å²) < 4.78 is 23.4. The standard InChI is InChI=1S/C31H38ClN3O7/c1-29(2,3)40-26(36)34(27(37)41-30(4,5)6)25-23(19-15-17-20(32)18-16-19)24(21-13-11-12-14-22(21)39-10)33-35(25)28(38)42-31(7,8)9/h11-18H,1-10H3. The summed E-state index contributed by atoms with van der Waals surface area (Å²) in [4.78, 5) is 42.0. The largest absolute Gasteiger partial charge is 0.496 e. The minimum Gasteiger partial charge on any atom is -0.496 e. The van der Waals surface area contributed by atoms with Gasteiger partial charge in [-0.3, -0.25) is 0 Å². The van der Waals surface area contributed by atoms with E-state index in [1.54, 1.807) is 111 Å². The first kappa shape index (κ1) is 32.5. The highest BCUT2D eigenvalue weighted by Gasteiger charge is 2.41. The van der Waals surface area contributed by atoms with Gasteiger partial charge < -0.3 is 18.9 Å². The molecule has 0 aliphatic carbocycles. The molecule has 3 rings (SSSR count). The Labute approximate surface area is 251 Å². The smallest absolute Gasteiger partial charge is 0.437 e. The highest BCUT2D eigenvalue weighted by Crippen LogP contribution is 2.44. The second-order valence-corrected chi connectivity index (χ2v) is 12.9. The van der Waals surface area contributed by atoms with Crippen LogP contribution in [0.5, 0.6) is 5.75 Å². The van der Waals surface area contributed by atoms with E-state index in [0.29, 0.717) is 26.8 Å². The van der Waals surface area contributed by atoms with Crippen molar-refractivity contribution in [1.82, 2.24) is 9.78 Å². The lowest BCUT2D eigenvalue weighted by atomic mass is 9.99. The van der Waals surface area contributed by atoms with Gasteiger partial charge in [-0.2, -0.15) is 10.00 Å². The van der Waals surface area contributed by atoms with Crippen molar-refractivity contribution in [2.45, 2.75) is 79.1 Å². The van der Waals surface area contributed by atoms with Crippen LogP contribution in [0.4, 0.5) is 20.2 Å². The Kier molecular flexibility index (Phi) is 9.31. The van der Waals surface area contributed by atoms with Gasteiger partial charge in [0, 0.05) is 10.6 Å². The van der Waals surface area contributed by atoms with E-state index in [1.165, 1.54) is 7.11 Å². The molecule has 0 spiro atoms. The number of nitrogens with zero attached hydrogens (tertiary/aromatic N) is 3. The summed E-state index contributed by atoms with van der Waals surface area (Å²) in [6.45, 7) is 15.0. The van der Waals surface area contributed by atoms with E-state index < -0.39 is 35.1 Å². The number of ether oxygens (including phenoxy) is 4. The van der Waals surface area contributed by atoms with E-state index in [-0.39, 0.29) is 17.1 Å². The van der Waals surface area contributed by atoms with Crippen LogP contribution in [0.25, 0.3) is 22.4 Å². The Balaban J connectivity index is 2.52. The number of anilines is 1. The second-order valence-electron chi connectivity index (χ2n) is 12.4. The number of methoxy groups -OCH3 is 1. The average molecular weight is 600 g/mol. The molecule has 2 aromatic carbocycles. The Bertz CT molecular complexity index is 1430. The molecule has 1 aromatic heterocycles. The van der Waals surface area contributed by atoms with Crippen molar-refractivity contribution in [3.8, 4) is 28.1 Å². The van der Waals surface area contributed by atoms with Gasteiger partial charge >= 0.3 is 18.3 Å². The Morgan fingerprint density at radius 1 is 0.762 bits per heavy atom. The number of benzene rings is 2. The van der Waals surface area contributed by atoms with Gasteiger partial charge in [-0.1, -0.05) is 35.9 Å². The molecule has 0 fully saturated rings. The van der Waals surface area contributed by atoms with Crippen molar-refractivity contribution in [1.29, 1.82) is 0 Å².